The van der Waals surface area contributed by atoms with Gasteiger partial charge in [0.25, 0.3) is 0 Å². The average molecular weight is 2130 g/mol. The molecule has 5 amide bonds. The Morgan fingerprint density at radius 2 is 0.865 bits per heavy atom. The summed E-state index contributed by atoms with van der Waals surface area (Å²) in [4.78, 5) is 121. The molecule has 2 aliphatic heterocycles. The molecule has 42 heteroatoms. The molecule has 0 aromatic heterocycles. The summed E-state index contributed by atoms with van der Waals surface area (Å²) in [5.41, 5.74) is 1.66. The van der Waals surface area contributed by atoms with E-state index in [2.05, 4.69) is 26.6 Å². The van der Waals surface area contributed by atoms with E-state index < -0.39 is 88.6 Å². The molecule has 8 atom stereocenters. The molecule has 148 heavy (non-hydrogen) atoms. The lowest BCUT2D eigenvalue weighted by molar-refractivity contribution is -0.157. The molecule has 0 unspecified atom stereocenters. The Kier molecular flexibility index (Phi) is 78.8. The van der Waals surface area contributed by atoms with Crippen LogP contribution < -0.4 is 26.6 Å². The number of rotatable bonds is 96. The van der Waals surface area contributed by atoms with Crippen molar-refractivity contribution in [3.63, 3.8) is 0 Å². The van der Waals surface area contributed by atoms with Crippen LogP contribution in [0.2, 0.25) is 5.02 Å². The van der Waals surface area contributed by atoms with Gasteiger partial charge in [0.15, 0.2) is 5.78 Å². The third kappa shape index (κ3) is 71.1. The van der Waals surface area contributed by atoms with Gasteiger partial charge in [0, 0.05) is 82.0 Å². The summed E-state index contributed by atoms with van der Waals surface area (Å²) in [5.74, 6) is -5.73. The van der Waals surface area contributed by atoms with Crippen molar-refractivity contribution in [1.82, 2.24) is 26.6 Å². The van der Waals surface area contributed by atoms with Gasteiger partial charge in [-0.3, -0.25) is 38.4 Å². The van der Waals surface area contributed by atoms with E-state index in [0.29, 0.717) is 335 Å². The van der Waals surface area contributed by atoms with Gasteiger partial charge in [-0.2, -0.15) is 0 Å². The van der Waals surface area contributed by atoms with Crippen LogP contribution >= 0.6 is 11.6 Å². The predicted molar refractivity (Wildman–Crippen MR) is 548 cm³/mol. The molecule has 0 aliphatic carbocycles. The number of carboxylic acid groups (broad SMARTS) is 1. The molecule has 41 nitrogen and oxygen atoms in total. The summed E-state index contributed by atoms with van der Waals surface area (Å²) in [5, 5.41) is 23.9. The molecule has 2 aromatic rings. The standard InChI is InChI=1S/C106H178ClN5O36/c1-82(2)99(112-97(117)18-14-19-98(118)119)93(114)79-88(92(113)27-24-85-22-25-87(26-23-85)101-100(148-101)84(4)94-16-13-17-96(116)110-90(78-86-21-20-83(3)89(107)77-86)102(120)109-81-106(8,9)104(122)111-91(103(121)147-94)80-105(5,6)7)15-11-12-29-108-95(115)28-30-124-33-34-126-37-38-128-41-42-130-45-46-132-49-50-134-53-54-136-57-58-138-61-62-140-65-66-142-69-70-144-73-74-146-76-75-145-72-71-143-68-67-141-64-63-139-60-59-137-56-55-135-52-51-133-48-47-131-44-43-129-40-39-127-36-35-125-32-31-123-10/h13,17,20-23,25-26,77,82,84,88,90-91,94,99-101H,11-12,14-16,18-19,24,27-76,78-81H2,1-10H3,(H,108,115)(H,109,120)(H,110,116)(H,111,122)(H,112,117)(H,118,119)/b17-13+/t84-,88+,90+,91-,94-,99-,100+,101+/m0/s1. The monoisotopic (exact) mass is 2130 g/mol. The van der Waals surface area contributed by atoms with Gasteiger partial charge in [-0.15, -0.1) is 0 Å². The van der Waals surface area contributed by atoms with E-state index >= 15 is 0 Å². The molecule has 0 radical (unpaired) electrons. The Balaban J connectivity index is 0.931. The van der Waals surface area contributed by atoms with Crippen LogP contribution in [0.5, 0.6) is 0 Å². The Morgan fingerprint density at radius 3 is 1.24 bits per heavy atom. The number of nitrogens with one attached hydrogen (secondary N) is 5. The Labute approximate surface area is 881 Å². The highest BCUT2D eigenvalue weighted by Gasteiger charge is 2.48. The van der Waals surface area contributed by atoms with Crippen LogP contribution in [0.4, 0.5) is 0 Å². The fraction of sp³-hybridized carbons (Fsp3) is 0.783. The summed E-state index contributed by atoms with van der Waals surface area (Å²) in [6, 6.07) is 10.1. The van der Waals surface area contributed by atoms with E-state index in [9.17, 15) is 43.2 Å². The van der Waals surface area contributed by atoms with Gasteiger partial charge in [0.05, 0.1) is 328 Å². The molecule has 0 spiro atoms. The molecule has 6 N–H and O–H groups in total. The van der Waals surface area contributed by atoms with Crippen molar-refractivity contribution in [3.05, 3.63) is 81.9 Å². The number of carboxylic acids is 1. The average Bonchev–Trinajstić information content (AvgIpc) is 1.62. The van der Waals surface area contributed by atoms with Crippen LogP contribution in [-0.4, -0.2) is 419 Å². The van der Waals surface area contributed by atoms with Crippen LogP contribution in [0, 0.1) is 35.5 Å². The van der Waals surface area contributed by atoms with E-state index in [-0.39, 0.29) is 107 Å². The van der Waals surface area contributed by atoms with Gasteiger partial charge in [-0.25, -0.2) is 4.79 Å². The highest BCUT2D eigenvalue weighted by molar-refractivity contribution is 6.31. The molecule has 850 valence electrons. The number of unbranched alkanes of at least 4 members (excludes halogenated alkanes) is 1. The quantitative estimate of drug-likeness (QED) is 0.0211. The Hall–Kier alpha value is -6.90. The zero-order chi connectivity index (χ0) is 107. The molecule has 1 fully saturated rings. The number of cyclic esters (lactones) is 1. The summed E-state index contributed by atoms with van der Waals surface area (Å²) < 4.78 is 145. The maximum atomic E-state index is 14.3. The van der Waals surface area contributed by atoms with Crippen LogP contribution in [0.1, 0.15) is 154 Å². The fourth-order valence-corrected chi connectivity index (χ4v) is 14.7. The number of aryl methyl sites for hydroxylation is 2. The number of benzene rings is 2. The fourth-order valence-electron chi connectivity index (χ4n) is 14.4. The van der Waals surface area contributed by atoms with Gasteiger partial charge in [0.1, 0.15) is 30.1 Å². The highest BCUT2D eigenvalue weighted by atomic mass is 35.5. The van der Waals surface area contributed by atoms with Crippen molar-refractivity contribution in [3.8, 4) is 0 Å². The number of ketones is 2. The number of ether oxygens (including phenoxy) is 26. The number of aliphatic carboxylic acids is 1. The van der Waals surface area contributed by atoms with Gasteiger partial charge >= 0.3 is 11.9 Å². The number of carbonyl (C=O) groups excluding carboxylic acids is 8. The van der Waals surface area contributed by atoms with Crippen molar-refractivity contribution in [2.75, 3.05) is 331 Å². The predicted octanol–water partition coefficient (Wildman–Crippen LogP) is 7.56. The molecule has 0 saturated carbocycles. The largest absolute Gasteiger partial charge is 0.481 e. The zero-order valence-corrected chi connectivity index (χ0v) is 90.6. The molecule has 0 bridgehead atoms. The molecular weight excluding hydrogens is 1950 g/mol. The number of amides is 5. The normalized spacial score (nSPS) is 17.1. The SMILES string of the molecule is COCCOCCOCCOCCOCCOCCOCCOCCOCCOCCOCCOCCOCCOCCOCCOCCOCCOCCOCCOCCOCCOCCOCCOCCC(=O)NCCCC[C@H](CC(=O)[C@@H](NC(=O)CCCC(=O)O)C(C)C)C(=O)CCc1ccc([C@H]2O[C@@H]2[C@@H](C)[C@@H]2C/C=C/C(=O)N[C@H](Cc3ccc(C)c(Cl)c3)C(=O)NCC(C)(C)C(=O)N[C@@H](CC(C)(C)C)C(=O)O2)cc1. The van der Waals surface area contributed by atoms with Gasteiger partial charge < -0.3 is 155 Å². The summed E-state index contributed by atoms with van der Waals surface area (Å²) in [7, 11) is 1.64. The Bertz CT molecular complexity index is 3800. The number of methoxy groups -OCH3 is 1. The minimum atomic E-state index is -1.19. The van der Waals surface area contributed by atoms with Crippen molar-refractivity contribution in [2.24, 2.45) is 28.6 Å². The number of hydrogen-bond acceptors (Lipinski definition) is 35. The minimum Gasteiger partial charge on any atom is -0.481 e. The zero-order valence-electron chi connectivity index (χ0n) is 89.8. The van der Waals surface area contributed by atoms with Crippen molar-refractivity contribution in [2.45, 2.75) is 182 Å². The van der Waals surface area contributed by atoms with Crippen LogP contribution in [0.15, 0.2) is 54.6 Å². The number of halogens is 1. The van der Waals surface area contributed by atoms with Crippen molar-refractivity contribution in [1.29, 1.82) is 0 Å². The second-order valence-electron chi connectivity index (χ2n) is 37.5. The molecular formula is C106H178ClN5O36. The highest BCUT2D eigenvalue weighted by Crippen LogP contribution is 2.45. The molecule has 4 rings (SSSR count). The maximum Gasteiger partial charge on any atom is 0.328 e. The third-order valence-electron chi connectivity index (χ3n) is 23.0. The summed E-state index contributed by atoms with van der Waals surface area (Å²) >= 11 is 6.45. The second-order valence-corrected chi connectivity index (χ2v) is 37.9. The van der Waals surface area contributed by atoms with Crippen molar-refractivity contribution >= 4 is 64.6 Å². The lowest BCUT2D eigenvalue weighted by atomic mass is 9.85. The first-order valence-corrected chi connectivity index (χ1v) is 52.9. The number of epoxide rings is 1. The smallest absolute Gasteiger partial charge is 0.328 e. The van der Waals surface area contributed by atoms with Gasteiger partial charge in [0.2, 0.25) is 29.5 Å². The minimum absolute atomic E-state index is 0.0719. The lowest BCUT2D eigenvalue weighted by Gasteiger charge is -2.32. The number of hydrogen-bond donors (Lipinski definition) is 6. The van der Waals surface area contributed by atoms with E-state index in [4.69, 9.17) is 140 Å². The van der Waals surface area contributed by atoms with E-state index in [0.717, 1.165) is 22.3 Å². The topological polar surface area (TPSA) is 477 Å². The molecule has 1 saturated heterocycles. The number of esters is 1. The maximum absolute atomic E-state index is 14.3. The molecule has 2 aromatic carbocycles. The van der Waals surface area contributed by atoms with E-state index in [1.165, 1.54) is 6.08 Å². The van der Waals surface area contributed by atoms with Gasteiger partial charge in [-0.05, 0) is 98.6 Å². The van der Waals surface area contributed by atoms with Crippen LogP contribution in [-0.2, 0) is 179 Å². The molecule has 2 aliphatic rings. The van der Waals surface area contributed by atoms with Gasteiger partial charge in [-0.1, -0.05) is 102 Å². The summed E-state index contributed by atoms with van der Waals surface area (Å²) in [6.07, 6.45) is 3.46. The lowest BCUT2D eigenvalue weighted by Crippen LogP contribution is -2.54. The first-order valence-electron chi connectivity index (χ1n) is 52.5. The van der Waals surface area contributed by atoms with E-state index in [1.807, 2.05) is 71.0 Å². The third-order valence-corrected chi connectivity index (χ3v) is 23.4. The number of Topliss-reactive ketones (excluding diaryl/α,β-unsaturated/α-hetero) is 2. The first kappa shape index (κ1) is 133. The van der Waals surface area contributed by atoms with Crippen molar-refractivity contribution < 1.29 is 171 Å². The second kappa shape index (κ2) is 87.4. The molecule has 2 heterocycles. The number of carbonyl (C=O) groups is 9. The van der Waals surface area contributed by atoms with Crippen LogP contribution in [0.3, 0.4) is 0 Å². The van der Waals surface area contributed by atoms with Crippen LogP contribution in [0.25, 0.3) is 0 Å². The first-order chi connectivity index (χ1) is 71.7. The summed E-state index contributed by atoms with van der Waals surface area (Å²) in [6.45, 7) is 38.0. The van der Waals surface area contributed by atoms with E-state index in [1.54, 1.807) is 46.9 Å². The Morgan fingerprint density at radius 1 is 0.473 bits per heavy atom.